The summed E-state index contributed by atoms with van der Waals surface area (Å²) >= 11 is 0. The van der Waals surface area contributed by atoms with Crippen LogP contribution < -0.4 is 15.8 Å². The highest BCUT2D eigenvalue weighted by molar-refractivity contribution is 5.95. The molecule has 28 heavy (non-hydrogen) atoms. The molecule has 1 amide bonds. The number of hydrogen-bond donors (Lipinski definition) is 2. The molecule has 0 atom stereocenters. The molecule has 1 aliphatic rings. The third kappa shape index (κ3) is 4.85. The van der Waals surface area contributed by atoms with E-state index < -0.39 is 12.0 Å². The van der Waals surface area contributed by atoms with Crippen LogP contribution in [-0.4, -0.2) is 32.3 Å². The van der Waals surface area contributed by atoms with Gasteiger partial charge in [-0.3, -0.25) is 4.79 Å². The Balaban J connectivity index is 1.83. The number of carbonyl (C=O) groups is 1. The highest BCUT2D eigenvalue weighted by atomic mass is 19.3. The van der Waals surface area contributed by atoms with Crippen LogP contribution in [0.2, 0.25) is 0 Å². The van der Waals surface area contributed by atoms with Crippen LogP contribution in [0.25, 0.3) is 0 Å². The first kappa shape index (κ1) is 20.2. The van der Waals surface area contributed by atoms with Crippen LogP contribution >= 0.6 is 0 Å². The number of rotatable bonds is 7. The van der Waals surface area contributed by atoms with Gasteiger partial charge in [-0.1, -0.05) is 30.3 Å². The molecule has 0 unspecified atom stereocenters. The smallest absolute Gasteiger partial charge is 0.387 e. The molecule has 0 spiro atoms. The highest BCUT2D eigenvalue weighted by Gasteiger charge is 2.38. The first-order valence-corrected chi connectivity index (χ1v) is 9.23. The Labute approximate surface area is 162 Å². The molecule has 5 nitrogen and oxygen atoms in total. The number of nitrogens with one attached hydrogen (secondary N) is 1. The van der Waals surface area contributed by atoms with Crippen LogP contribution in [0.15, 0.2) is 48.5 Å². The molecular formula is C21H24F2N2O3. The molecule has 0 aliphatic carbocycles. The van der Waals surface area contributed by atoms with Gasteiger partial charge in [0.05, 0.1) is 5.41 Å². The van der Waals surface area contributed by atoms with Gasteiger partial charge in [-0.2, -0.15) is 8.78 Å². The summed E-state index contributed by atoms with van der Waals surface area (Å²) in [5.41, 5.74) is 7.26. The number of alkyl halides is 2. The van der Waals surface area contributed by atoms with Gasteiger partial charge in [0, 0.05) is 37.4 Å². The number of amides is 1. The summed E-state index contributed by atoms with van der Waals surface area (Å²) in [6.07, 6.45) is 1.51. The van der Waals surface area contributed by atoms with E-state index >= 15 is 0 Å². The zero-order chi connectivity index (χ0) is 20.0. The molecule has 1 aliphatic heterocycles. The number of anilines is 1. The van der Waals surface area contributed by atoms with E-state index in [1.807, 2.05) is 30.3 Å². The van der Waals surface area contributed by atoms with Crippen molar-refractivity contribution in [2.45, 2.75) is 25.9 Å². The maximum Gasteiger partial charge on any atom is 0.387 e. The normalized spacial score (nSPS) is 16.0. The molecule has 150 valence electrons. The summed E-state index contributed by atoms with van der Waals surface area (Å²) in [5.74, 6) is -0.0806. The minimum atomic E-state index is -2.92. The molecule has 0 saturated carbocycles. The summed E-state index contributed by atoms with van der Waals surface area (Å²) in [5, 5.41) is 2.89. The van der Waals surface area contributed by atoms with Crippen molar-refractivity contribution in [3.63, 3.8) is 0 Å². The van der Waals surface area contributed by atoms with Crippen molar-refractivity contribution >= 4 is 11.6 Å². The van der Waals surface area contributed by atoms with E-state index in [0.717, 1.165) is 5.56 Å². The lowest BCUT2D eigenvalue weighted by molar-refractivity contribution is -0.130. The van der Waals surface area contributed by atoms with Crippen molar-refractivity contribution in [3.05, 3.63) is 59.7 Å². The van der Waals surface area contributed by atoms with E-state index in [4.69, 9.17) is 10.5 Å². The Kier molecular flexibility index (Phi) is 6.59. The van der Waals surface area contributed by atoms with E-state index in [-0.39, 0.29) is 18.2 Å². The Morgan fingerprint density at radius 2 is 1.89 bits per heavy atom. The van der Waals surface area contributed by atoms with E-state index in [2.05, 4.69) is 10.1 Å². The lowest BCUT2D eigenvalue weighted by atomic mass is 9.79. The quantitative estimate of drug-likeness (QED) is 0.758. The largest absolute Gasteiger partial charge is 0.435 e. The number of ether oxygens (including phenoxy) is 2. The molecule has 0 bridgehead atoms. The first-order chi connectivity index (χ1) is 13.5. The van der Waals surface area contributed by atoms with Crippen molar-refractivity contribution in [2.75, 3.05) is 25.1 Å². The van der Waals surface area contributed by atoms with Gasteiger partial charge in [-0.15, -0.1) is 0 Å². The number of halogens is 2. The SMILES string of the molecule is NCC1(C(=O)Nc2ccc(OC(F)F)c(Cc3ccccc3)c2)CCOCC1. The van der Waals surface area contributed by atoms with Gasteiger partial charge in [0.1, 0.15) is 5.75 Å². The molecule has 0 radical (unpaired) electrons. The fraction of sp³-hybridized carbons (Fsp3) is 0.381. The fourth-order valence-electron chi connectivity index (χ4n) is 3.37. The standard InChI is InChI=1S/C21H24F2N2O3/c22-20(23)28-18-7-6-17(13-16(18)12-15-4-2-1-3-5-15)25-19(26)21(14-24)8-10-27-11-9-21/h1-7,13,20H,8-12,14,24H2,(H,25,26). The minimum Gasteiger partial charge on any atom is -0.435 e. The van der Waals surface area contributed by atoms with Crippen molar-refractivity contribution in [1.82, 2.24) is 0 Å². The van der Waals surface area contributed by atoms with E-state index in [1.165, 1.54) is 6.07 Å². The second kappa shape index (κ2) is 9.12. The summed E-state index contributed by atoms with van der Waals surface area (Å²) < 4.78 is 35.5. The van der Waals surface area contributed by atoms with Crippen LogP contribution in [0.1, 0.15) is 24.0 Å². The van der Waals surface area contributed by atoms with Gasteiger partial charge in [-0.25, -0.2) is 0 Å². The van der Waals surface area contributed by atoms with Gasteiger partial charge in [-0.05, 0) is 36.6 Å². The molecule has 3 N–H and O–H groups in total. The zero-order valence-corrected chi connectivity index (χ0v) is 15.5. The average Bonchev–Trinajstić information content (AvgIpc) is 2.71. The third-order valence-electron chi connectivity index (χ3n) is 5.09. The Morgan fingerprint density at radius 3 is 2.54 bits per heavy atom. The summed E-state index contributed by atoms with van der Waals surface area (Å²) in [4.78, 5) is 12.9. The van der Waals surface area contributed by atoms with E-state index in [1.54, 1.807) is 12.1 Å². The van der Waals surface area contributed by atoms with E-state index in [9.17, 15) is 13.6 Å². The minimum absolute atomic E-state index is 0.0939. The number of nitrogens with two attached hydrogens (primary N) is 1. The topological polar surface area (TPSA) is 73.6 Å². The number of hydrogen-bond acceptors (Lipinski definition) is 4. The van der Waals surface area contributed by atoms with Crippen molar-refractivity contribution in [1.29, 1.82) is 0 Å². The molecule has 1 saturated heterocycles. The second-order valence-electron chi connectivity index (χ2n) is 6.91. The van der Waals surface area contributed by atoms with Crippen LogP contribution in [0.4, 0.5) is 14.5 Å². The molecule has 3 rings (SSSR count). The van der Waals surface area contributed by atoms with Crippen LogP contribution in [0.3, 0.4) is 0 Å². The second-order valence-corrected chi connectivity index (χ2v) is 6.91. The van der Waals surface area contributed by atoms with Crippen molar-refractivity contribution < 1.29 is 23.0 Å². The van der Waals surface area contributed by atoms with Gasteiger partial charge in [0.2, 0.25) is 5.91 Å². The Morgan fingerprint density at radius 1 is 1.18 bits per heavy atom. The predicted molar refractivity (Wildman–Crippen MR) is 102 cm³/mol. The van der Waals surface area contributed by atoms with Crippen molar-refractivity contribution in [2.24, 2.45) is 11.1 Å². The summed E-state index contributed by atoms with van der Waals surface area (Å²) in [7, 11) is 0. The molecule has 0 aromatic heterocycles. The van der Waals surface area contributed by atoms with Gasteiger partial charge in [0.25, 0.3) is 0 Å². The maximum absolute atomic E-state index is 12.9. The van der Waals surface area contributed by atoms with Gasteiger partial charge < -0.3 is 20.5 Å². The fourth-order valence-corrected chi connectivity index (χ4v) is 3.37. The molecular weight excluding hydrogens is 366 g/mol. The van der Waals surface area contributed by atoms with Crippen molar-refractivity contribution in [3.8, 4) is 5.75 Å². The molecule has 1 heterocycles. The summed E-state index contributed by atoms with van der Waals surface area (Å²) in [6, 6.07) is 14.1. The number of benzene rings is 2. The average molecular weight is 390 g/mol. The lowest BCUT2D eigenvalue weighted by Crippen LogP contribution is -2.46. The highest BCUT2D eigenvalue weighted by Crippen LogP contribution is 2.32. The Hall–Kier alpha value is -2.51. The third-order valence-corrected chi connectivity index (χ3v) is 5.09. The molecule has 1 fully saturated rings. The van der Waals surface area contributed by atoms with Gasteiger partial charge in [0.15, 0.2) is 0 Å². The van der Waals surface area contributed by atoms with E-state index in [0.29, 0.717) is 43.7 Å². The molecule has 7 heteroatoms. The number of carbonyl (C=O) groups excluding carboxylic acids is 1. The monoisotopic (exact) mass is 390 g/mol. The predicted octanol–water partition coefficient (Wildman–Crippen LogP) is 3.57. The first-order valence-electron chi connectivity index (χ1n) is 9.23. The summed E-state index contributed by atoms with van der Waals surface area (Å²) in [6.45, 7) is -1.71. The lowest BCUT2D eigenvalue weighted by Gasteiger charge is -2.34. The maximum atomic E-state index is 12.9. The Bertz CT molecular complexity index is 793. The van der Waals surface area contributed by atoms with Crippen LogP contribution in [-0.2, 0) is 16.0 Å². The molecule has 2 aromatic rings. The molecule has 2 aromatic carbocycles. The van der Waals surface area contributed by atoms with Crippen LogP contribution in [0, 0.1) is 5.41 Å². The zero-order valence-electron chi connectivity index (χ0n) is 15.5. The van der Waals surface area contributed by atoms with Crippen LogP contribution in [0.5, 0.6) is 5.75 Å². The van der Waals surface area contributed by atoms with Gasteiger partial charge >= 0.3 is 6.61 Å².